The lowest BCUT2D eigenvalue weighted by molar-refractivity contribution is 0.414. The van der Waals surface area contributed by atoms with Crippen molar-refractivity contribution < 1.29 is 21.9 Å². The van der Waals surface area contributed by atoms with Gasteiger partial charge in [-0.1, -0.05) is 12.1 Å². The molecule has 0 aliphatic heterocycles. The second-order valence-electron chi connectivity index (χ2n) is 6.80. The van der Waals surface area contributed by atoms with Crippen LogP contribution in [-0.4, -0.2) is 30.1 Å². The SMILES string of the molecule is COc1ccc(CN(c2ccc(F)c(F)c2)S(=O)(=O)c2ccc3nnc(C)n3c2)cc1. The predicted molar refractivity (Wildman–Crippen MR) is 110 cm³/mol. The molecule has 0 aliphatic carbocycles. The van der Waals surface area contributed by atoms with Gasteiger partial charge in [0, 0.05) is 12.3 Å². The van der Waals surface area contributed by atoms with Crippen LogP contribution in [0.1, 0.15) is 11.4 Å². The van der Waals surface area contributed by atoms with Crippen molar-refractivity contribution >= 4 is 21.4 Å². The highest BCUT2D eigenvalue weighted by atomic mass is 32.2. The number of sulfonamides is 1. The fourth-order valence-corrected chi connectivity index (χ4v) is 4.56. The molecule has 0 bridgehead atoms. The number of anilines is 1. The Balaban J connectivity index is 1.82. The van der Waals surface area contributed by atoms with Crippen molar-refractivity contribution in [1.29, 1.82) is 0 Å². The summed E-state index contributed by atoms with van der Waals surface area (Å²) >= 11 is 0. The predicted octanol–water partition coefficient (Wildman–Crippen LogP) is 3.72. The number of rotatable bonds is 6. The van der Waals surface area contributed by atoms with E-state index in [2.05, 4.69) is 10.2 Å². The third-order valence-electron chi connectivity index (χ3n) is 4.81. The molecule has 0 aliphatic rings. The molecule has 0 atom stereocenters. The minimum Gasteiger partial charge on any atom is -0.497 e. The van der Waals surface area contributed by atoms with E-state index in [0.29, 0.717) is 22.8 Å². The van der Waals surface area contributed by atoms with Crippen LogP contribution in [0.3, 0.4) is 0 Å². The minimum atomic E-state index is -4.15. The molecule has 7 nitrogen and oxygen atoms in total. The second-order valence-corrected chi connectivity index (χ2v) is 8.66. The van der Waals surface area contributed by atoms with Crippen LogP contribution in [0.2, 0.25) is 0 Å². The number of fused-ring (bicyclic) bond motifs is 1. The van der Waals surface area contributed by atoms with Gasteiger partial charge in [0.2, 0.25) is 0 Å². The molecule has 10 heteroatoms. The zero-order chi connectivity index (χ0) is 22.2. The Bertz CT molecular complexity index is 1360. The average molecular weight is 444 g/mol. The molecule has 0 amide bonds. The molecule has 4 aromatic rings. The zero-order valence-electron chi connectivity index (χ0n) is 16.7. The molecule has 0 spiro atoms. The minimum absolute atomic E-state index is 0.00436. The fraction of sp³-hybridized carbons (Fsp3) is 0.143. The number of benzene rings is 2. The molecule has 0 unspecified atom stereocenters. The third-order valence-corrected chi connectivity index (χ3v) is 6.57. The van der Waals surface area contributed by atoms with Crippen LogP contribution in [0.15, 0.2) is 65.7 Å². The molecular formula is C21H18F2N4O3S. The summed E-state index contributed by atoms with van der Waals surface area (Å²) in [6.07, 6.45) is 1.40. The molecule has 2 aromatic carbocycles. The van der Waals surface area contributed by atoms with Crippen molar-refractivity contribution in [2.45, 2.75) is 18.4 Å². The first-order chi connectivity index (χ1) is 14.8. The van der Waals surface area contributed by atoms with Crippen LogP contribution in [0.5, 0.6) is 5.75 Å². The van der Waals surface area contributed by atoms with Crippen molar-refractivity contribution in [2.24, 2.45) is 0 Å². The molecule has 0 saturated heterocycles. The summed E-state index contributed by atoms with van der Waals surface area (Å²) in [5.41, 5.74) is 1.12. The van der Waals surface area contributed by atoms with Crippen molar-refractivity contribution in [2.75, 3.05) is 11.4 Å². The summed E-state index contributed by atoms with van der Waals surface area (Å²) < 4.78 is 62.3. The average Bonchev–Trinajstić information content (AvgIpc) is 3.14. The van der Waals surface area contributed by atoms with E-state index < -0.39 is 21.7 Å². The standard InChI is InChI=1S/C21H18F2N4O3S/c1-14-24-25-21-10-8-18(13-26(14)21)31(28,29)27(16-5-9-19(22)20(23)11-16)12-15-3-6-17(30-2)7-4-15/h3-11,13H,12H2,1-2H3. The summed E-state index contributed by atoms with van der Waals surface area (Å²) in [7, 11) is -2.62. The van der Waals surface area contributed by atoms with E-state index in [9.17, 15) is 17.2 Å². The van der Waals surface area contributed by atoms with Crippen LogP contribution in [0, 0.1) is 18.6 Å². The maximum atomic E-state index is 14.0. The normalized spacial score (nSPS) is 11.6. The molecule has 0 saturated carbocycles. The smallest absolute Gasteiger partial charge is 0.266 e. The van der Waals surface area contributed by atoms with Crippen LogP contribution < -0.4 is 9.04 Å². The summed E-state index contributed by atoms with van der Waals surface area (Å²) in [5.74, 6) is -1.08. The van der Waals surface area contributed by atoms with Gasteiger partial charge in [0.05, 0.1) is 19.3 Å². The molecule has 0 fully saturated rings. The number of hydrogen-bond donors (Lipinski definition) is 0. The molecule has 4 rings (SSSR count). The van der Waals surface area contributed by atoms with E-state index in [4.69, 9.17) is 4.74 Å². The van der Waals surface area contributed by atoms with E-state index >= 15 is 0 Å². The number of halogens is 2. The highest BCUT2D eigenvalue weighted by molar-refractivity contribution is 7.92. The quantitative estimate of drug-likeness (QED) is 0.453. The highest BCUT2D eigenvalue weighted by Crippen LogP contribution is 2.28. The summed E-state index contributed by atoms with van der Waals surface area (Å²) in [6.45, 7) is 1.59. The van der Waals surface area contributed by atoms with Crippen LogP contribution in [0.25, 0.3) is 5.65 Å². The van der Waals surface area contributed by atoms with Gasteiger partial charge in [-0.3, -0.25) is 8.71 Å². The molecule has 0 radical (unpaired) electrons. The zero-order valence-corrected chi connectivity index (χ0v) is 17.5. The maximum Gasteiger partial charge on any atom is 0.266 e. The molecule has 0 N–H and O–H groups in total. The summed E-state index contributed by atoms with van der Waals surface area (Å²) in [6, 6.07) is 12.7. The van der Waals surface area contributed by atoms with E-state index in [-0.39, 0.29) is 17.1 Å². The monoisotopic (exact) mass is 444 g/mol. The number of methoxy groups -OCH3 is 1. The van der Waals surface area contributed by atoms with E-state index in [1.54, 1.807) is 35.6 Å². The fourth-order valence-electron chi connectivity index (χ4n) is 3.12. The topological polar surface area (TPSA) is 76.8 Å². The van der Waals surface area contributed by atoms with E-state index in [0.717, 1.165) is 16.4 Å². The molecular weight excluding hydrogens is 426 g/mol. The van der Waals surface area contributed by atoms with Crippen molar-refractivity contribution in [1.82, 2.24) is 14.6 Å². The van der Waals surface area contributed by atoms with Gasteiger partial charge in [-0.15, -0.1) is 10.2 Å². The first-order valence-electron chi connectivity index (χ1n) is 9.22. The number of nitrogens with zero attached hydrogens (tertiary/aromatic N) is 4. The molecule has 31 heavy (non-hydrogen) atoms. The van der Waals surface area contributed by atoms with Crippen molar-refractivity contribution in [3.05, 3.63) is 83.8 Å². The number of pyridine rings is 1. The molecule has 2 aromatic heterocycles. The lowest BCUT2D eigenvalue weighted by atomic mass is 10.2. The van der Waals surface area contributed by atoms with E-state index in [1.165, 1.54) is 31.5 Å². The van der Waals surface area contributed by atoms with Gasteiger partial charge in [0.1, 0.15) is 16.5 Å². The Morgan fingerprint density at radius 2 is 1.74 bits per heavy atom. The van der Waals surface area contributed by atoms with Gasteiger partial charge >= 0.3 is 0 Å². The third kappa shape index (κ3) is 3.93. The Kier molecular flexibility index (Phi) is 5.32. The number of aromatic nitrogens is 3. The van der Waals surface area contributed by atoms with Gasteiger partial charge in [0.15, 0.2) is 17.3 Å². The Morgan fingerprint density at radius 1 is 1.00 bits per heavy atom. The molecule has 160 valence electrons. The summed E-state index contributed by atoms with van der Waals surface area (Å²) in [5, 5.41) is 7.88. The molecule has 2 heterocycles. The maximum absolute atomic E-state index is 14.0. The van der Waals surface area contributed by atoms with Crippen molar-refractivity contribution in [3.63, 3.8) is 0 Å². The Labute approximate surface area is 177 Å². The second kappa shape index (κ2) is 7.95. The Morgan fingerprint density at radius 3 is 2.42 bits per heavy atom. The van der Waals surface area contributed by atoms with Crippen LogP contribution >= 0.6 is 0 Å². The van der Waals surface area contributed by atoms with Gasteiger partial charge in [-0.2, -0.15) is 0 Å². The number of hydrogen-bond acceptors (Lipinski definition) is 5. The van der Waals surface area contributed by atoms with E-state index in [1.807, 2.05) is 0 Å². The summed E-state index contributed by atoms with van der Waals surface area (Å²) in [4.78, 5) is -0.0406. The van der Waals surface area contributed by atoms with Gasteiger partial charge in [-0.05, 0) is 48.9 Å². The number of aryl methyl sites for hydroxylation is 1. The highest BCUT2D eigenvalue weighted by Gasteiger charge is 2.27. The van der Waals surface area contributed by atoms with Crippen LogP contribution in [0.4, 0.5) is 14.5 Å². The lowest BCUT2D eigenvalue weighted by Gasteiger charge is -2.25. The lowest BCUT2D eigenvalue weighted by Crippen LogP contribution is -2.31. The first kappa shape index (κ1) is 20.7. The number of ether oxygens (including phenoxy) is 1. The van der Waals surface area contributed by atoms with Gasteiger partial charge in [0.25, 0.3) is 10.0 Å². The van der Waals surface area contributed by atoms with Crippen molar-refractivity contribution in [3.8, 4) is 5.75 Å². The first-order valence-corrected chi connectivity index (χ1v) is 10.7. The van der Waals surface area contributed by atoms with Gasteiger partial charge < -0.3 is 4.74 Å². The van der Waals surface area contributed by atoms with Crippen LogP contribution in [-0.2, 0) is 16.6 Å². The van der Waals surface area contributed by atoms with Gasteiger partial charge in [-0.25, -0.2) is 17.2 Å². The Hall–Kier alpha value is -3.53. The largest absolute Gasteiger partial charge is 0.497 e.